The Morgan fingerprint density at radius 2 is 1.89 bits per heavy atom. The molecule has 0 aliphatic carbocycles. The standard InChI is InChI=1S/C23H16N4O/c24-13-17-6-1-2-8-20(17)21-12-18(22-9-3-4-11-26-22)15-27(23(21)16-28)19-7-5-10-25-14-19/h1-12,14-16,23H. The molecule has 3 heterocycles. The maximum atomic E-state index is 12.1. The van der Waals surface area contributed by atoms with Crippen molar-refractivity contribution in [1.29, 1.82) is 5.26 Å². The molecule has 134 valence electrons. The van der Waals surface area contributed by atoms with Crippen LogP contribution in [0.15, 0.2) is 85.5 Å². The Morgan fingerprint density at radius 3 is 2.61 bits per heavy atom. The summed E-state index contributed by atoms with van der Waals surface area (Å²) in [6.45, 7) is 0. The number of benzene rings is 1. The number of aldehydes is 1. The van der Waals surface area contributed by atoms with Gasteiger partial charge >= 0.3 is 0 Å². The Bertz CT molecular complexity index is 1100. The van der Waals surface area contributed by atoms with Crippen LogP contribution in [-0.2, 0) is 4.79 Å². The number of aromatic nitrogens is 2. The topological polar surface area (TPSA) is 69.9 Å². The summed E-state index contributed by atoms with van der Waals surface area (Å²) in [7, 11) is 0. The molecule has 5 heteroatoms. The first-order valence-corrected chi connectivity index (χ1v) is 8.80. The lowest BCUT2D eigenvalue weighted by Crippen LogP contribution is -2.36. The fraction of sp³-hybridized carbons (Fsp3) is 0.0435. The van der Waals surface area contributed by atoms with Crippen molar-refractivity contribution in [2.45, 2.75) is 6.04 Å². The normalized spacial score (nSPS) is 16.0. The van der Waals surface area contributed by atoms with Gasteiger partial charge in [0.1, 0.15) is 12.3 Å². The molecule has 4 rings (SSSR count). The zero-order valence-electron chi connectivity index (χ0n) is 14.9. The van der Waals surface area contributed by atoms with Crippen LogP contribution >= 0.6 is 0 Å². The van der Waals surface area contributed by atoms with Gasteiger partial charge in [-0.25, -0.2) is 0 Å². The Kier molecular flexibility index (Phi) is 4.77. The number of carbonyl (C=O) groups excluding carboxylic acids is 1. The van der Waals surface area contributed by atoms with Crippen molar-refractivity contribution < 1.29 is 4.79 Å². The van der Waals surface area contributed by atoms with Gasteiger partial charge in [-0.2, -0.15) is 5.26 Å². The molecule has 3 aromatic rings. The van der Waals surface area contributed by atoms with E-state index in [1.165, 1.54) is 0 Å². The molecule has 1 aliphatic rings. The number of rotatable bonds is 4. The van der Waals surface area contributed by atoms with Crippen LogP contribution in [0.1, 0.15) is 16.8 Å². The van der Waals surface area contributed by atoms with Crippen LogP contribution in [-0.4, -0.2) is 22.3 Å². The van der Waals surface area contributed by atoms with Gasteiger partial charge in [0.05, 0.1) is 29.2 Å². The number of pyridine rings is 2. The Balaban J connectivity index is 1.93. The summed E-state index contributed by atoms with van der Waals surface area (Å²) in [6, 6.07) is 18.4. The molecule has 1 aromatic carbocycles. The summed E-state index contributed by atoms with van der Waals surface area (Å²) >= 11 is 0. The first-order chi connectivity index (χ1) is 13.8. The molecule has 0 amide bonds. The van der Waals surface area contributed by atoms with Crippen molar-refractivity contribution in [3.05, 3.63) is 102 Å². The van der Waals surface area contributed by atoms with Gasteiger partial charge in [0, 0.05) is 24.2 Å². The minimum absolute atomic E-state index is 0.522. The molecule has 2 aromatic heterocycles. The van der Waals surface area contributed by atoms with Crippen molar-refractivity contribution in [3.8, 4) is 6.07 Å². The summed E-state index contributed by atoms with van der Waals surface area (Å²) in [6.07, 6.45) is 9.85. The summed E-state index contributed by atoms with van der Waals surface area (Å²) in [5.41, 5.74) is 4.43. The highest BCUT2D eigenvalue weighted by Gasteiger charge is 2.28. The van der Waals surface area contributed by atoms with E-state index in [0.717, 1.165) is 34.4 Å². The van der Waals surface area contributed by atoms with Crippen LogP contribution in [0.3, 0.4) is 0 Å². The lowest BCUT2D eigenvalue weighted by molar-refractivity contribution is -0.107. The van der Waals surface area contributed by atoms with Gasteiger partial charge in [0.2, 0.25) is 0 Å². The van der Waals surface area contributed by atoms with Crippen molar-refractivity contribution in [2.24, 2.45) is 0 Å². The van der Waals surface area contributed by atoms with Gasteiger partial charge in [-0.05, 0) is 47.5 Å². The molecule has 0 saturated heterocycles. The zero-order valence-corrected chi connectivity index (χ0v) is 14.9. The number of allylic oxidation sites excluding steroid dienone is 2. The highest BCUT2D eigenvalue weighted by atomic mass is 16.1. The quantitative estimate of drug-likeness (QED) is 0.658. The van der Waals surface area contributed by atoms with Gasteiger partial charge in [0.15, 0.2) is 0 Å². The van der Waals surface area contributed by atoms with E-state index in [4.69, 9.17) is 0 Å². The van der Waals surface area contributed by atoms with Gasteiger partial charge in [0.25, 0.3) is 0 Å². The zero-order chi connectivity index (χ0) is 19.3. The van der Waals surface area contributed by atoms with E-state index in [2.05, 4.69) is 16.0 Å². The molecule has 1 atom stereocenters. The molecule has 5 nitrogen and oxygen atoms in total. The smallest absolute Gasteiger partial charge is 0.147 e. The van der Waals surface area contributed by atoms with E-state index < -0.39 is 6.04 Å². The maximum absolute atomic E-state index is 12.1. The Labute approximate surface area is 162 Å². The lowest BCUT2D eigenvalue weighted by Gasteiger charge is -2.33. The van der Waals surface area contributed by atoms with Crippen LogP contribution in [0.25, 0.3) is 11.1 Å². The van der Waals surface area contributed by atoms with E-state index in [1.54, 1.807) is 24.7 Å². The summed E-state index contributed by atoms with van der Waals surface area (Å²) in [5, 5.41) is 9.56. The third-order valence-electron chi connectivity index (χ3n) is 4.60. The van der Waals surface area contributed by atoms with Crippen LogP contribution in [0.4, 0.5) is 5.69 Å². The number of hydrogen-bond donors (Lipinski definition) is 0. The largest absolute Gasteiger partial charge is 0.332 e. The van der Waals surface area contributed by atoms with E-state index in [9.17, 15) is 10.1 Å². The van der Waals surface area contributed by atoms with Crippen molar-refractivity contribution in [2.75, 3.05) is 4.90 Å². The van der Waals surface area contributed by atoms with Crippen LogP contribution in [0.5, 0.6) is 0 Å². The van der Waals surface area contributed by atoms with Crippen molar-refractivity contribution in [3.63, 3.8) is 0 Å². The van der Waals surface area contributed by atoms with Crippen molar-refractivity contribution >= 4 is 23.1 Å². The lowest BCUT2D eigenvalue weighted by atomic mass is 9.89. The van der Waals surface area contributed by atoms with E-state index in [0.29, 0.717) is 5.56 Å². The third kappa shape index (κ3) is 3.19. The molecular formula is C23H16N4O. The minimum atomic E-state index is -0.578. The fourth-order valence-electron chi connectivity index (χ4n) is 3.29. The molecule has 1 aliphatic heterocycles. The maximum Gasteiger partial charge on any atom is 0.147 e. The predicted molar refractivity (Wildman–Crippen MR) is 108 cm³/mol. The van der Waals surface area contributed by atoms with E-state index in [-0.39, 0.29) is 0 Å². The predicted octanol–water partition coefficient (Wildman–Crippen LogP) is 3.86. The van der Waals surface area contributed by atoms with Crippen LogP contribution in [0.2, 0.25) is 0 Å². The Morgan fingerprint density at radius 1 is 1.04 bits per heavy atom. The number of nitriles is 1. The SMILES string of the molecule is N#Cc1ccccc1C1=CC(c2ccccn2)=CN(c2cccnc2)C1C=O. The van der Waals surface area contributed by atoms with E-state index in [1.807, 2.05) is 65.7 Å². The fourth-order valence-corrected chi connectivity index (χ4v) is 3.29. The summed E-state index contributed by atoms with van der Waals surface area (Å²) < 4.78 is 0. The number of anilines is 1. The highest BCUT2D eigenvalue weighted by molar-refractivity contribution is 5.98. The second kappa shape index (κ2) is 7.68. The third-order valence-corrected chi connectivity index (χ3v) is 4.60. The average Bonchev–Trinajstić information content (AvgIpc) is 2.79. The number of carbonyl (C=O) groups is 1. The molecule has 1 unspecified atom stereocenters. The second-order valence-electron chi connectivity index (χ2n) is 6.26. The first kappa shape index (κ1) is 17.4. The molecule has 0 fully saturated rings. The minimum Gasteiger partial charge on any atom is -0.332 e. The van der Waals surface area contributed by atoms with E-state index >= 15 is 0 Å². The molecule has 0 spiro atoms. The monoisotopic (exact) mass is 364 g/mol. The van der Waals surface area contributed by atoms with Gasteiger partial charge in [-0.3, -0.25) is 9.97 Å². The molecule has 0 radical (unpaired) electrons. The van der Waals surface area contributed by atoms with Crippen molar-refractivity contribution in [1.82, 2.24) is 9.97 Å². The molecular weight excluding hydrogens is 348 g/mol. The van der Waals surface area contributed by atoms with Crippen LogP contribution in [0, 0.1) is 11.3 Å². The summed E-state index contributed by atoms with van der Waals surface area (Å²) in [5.74, 6) is 0. The molecule has 0 bridgehead atoms. The molecule has 0 N–H and O–H groups in total. The van der Waals surface area contributed by atoms with Gasteiger partial charge < -0.3 is 9.69 Å². The number of nitrogens with zero attached hydrogens (tertiary/aromatic N) is 4. The average molecular weight is 364 g/mol. The number of hydrogen-bond acceptors (Lipinski definition) is 5. The summed E-state index contributed by atoms with van der Waals surface area (Å²) in [4.78, 5) is 22.6. The molecule has 28 heavy (non-hydrogen) atoms. The van der Waals surface area contributed by atoms with Gasteiger partial charge in [-0.1, -0.05) is 24.3 Å². The van der Waals surface area contributed by atoms with Crippen LogP contribution < -0.4 is 4.90 Å². The Hall–Kier alpha value is -4.04. The first-order valence-electron chi connectivity index (χ1n) is 8.80. The molecule has 0 saturated carbocycles. The highest BCUT2D eigenvalue weighted by Crippen LogP contribution is 2.35. The van der Waals surface area contributed by atoms with Gasteiger partial charge in [-0.15, -0.1) is 0 Å². The second-order valence-corrected chi connectivity index (χ2v) is 6.26.